The second-order valence-corrected chi connectivity index (χ2v) is 18.3. The molecule has 62 heavy (non-hydrogen) atoms. The number of fused-ring (bicyclic) bond motifs is 2. The number of aryl methyl sites for hydroxylation is 3. The van der Waals surface area contributed by atoms with Gasteiger partial charge in [0.25, 0.3) is 0 Å². The minimum absolute atomic E-state index is 0. The van der Waals surface area contributed by atoms with E-state index in [9.17, 15) is 62.1 Å². The van der Waals surface area contributed by atoms with Gasteiger partial charge in [0.2, 0.25) is 0 Å². The van der Waals surface area contributed by atoms with Crippen LogP contribution in [0.3, 0.4) is 0 Å². The maximum Gasteiger partial charge on any atom is 1.00 e. The quantitative estimate of drug-likeness (QED) is 0.0526. The van der Waals surface area contributed by atoms with Crippen LogP contribution in [0.4, 0.5) is 28.4 Å². The molecule has 0 unspecified atom stereocenters. The Kier molecular flexibility index (Phi) is 18.8. The van der Waals surface area contributed by atoms with E-state index in [2.05, 4.69) is 20.5 Å². The fourth-order valence-electron chi connectivity index (χ4n) is 6.12. The predicted molar refractivity (Wildman–Crippen MR) is 202 cm³/mol. The Bertz CT molecular complexity index is 3100. The van der Waals surface area contributed by atoms with Gasteiger partial charge in [-0.05, 0) is 120 Å². The Morgan fingerprint density at radius 3 is 1.21 bits per heavy atom. The van der Waals surface area contributed by atoms with Crippen LogP contribution in [0.5, 0.6) is 11.5 Å². The summed E-state index contributed by atoms with van der Waals surface area (Å²) in [5.41, 5.74) is 6.62. The van der Waals surface area contributed by atoms with Crippen LogP contribution in [0.2, 0.25) is 0 Å². The van der Waals surface area contributed by atoms with Crippen molar-refractivity contribution in [1.82, 2.24) is 0 Å². The van der Waals surface area contributed by atoms with Crippen molar-refractivity contribution in [3.63, 3.8) is 0 Å². The van der Waals surface area contributed by atoms with Gasteiger partial charge in [-0.2, -0.15) is 10.2 Å². The van der Waals surface area contributed by atoms with Crippen molar-refractivity contribution in [3.05, 3.63) is 89.5 Å². The zero-order chi connectivity index (χ0) is 42.9. The van der Waals surface area contributed by atoms with Crippen LogP contribution in [-0.4, -0.2) is 62.1 Å². The van der Waals surface area contributed by atoms with Crippen LogP contribution in [0, 0.1) is 20.8 Å². The van der Waals surface area contributed by atoms with Crippen molar-refractivity contribution in [2.75, 3.05) is 5.73 Å². The monoisotopic (exact) mass is 959 g/mol. The average molecular weight is 960 g/mol. The molecule has 4 N–H and O–H groups in total. The minimum Gasteiger partial charge on any atom is -0.744 e. The number of hydrogen-bond donors (Lipinski definition) is 3. The third-order valence-corrected chi connectivity index (χ3v) is 12.2. The smallest absolute Gasteiger partial charge is 0.744 e. The summed E-state index contributed by atoms with van der Waals surface area (Å²) >= 11 is 0. The van der Waals surface area contributed by atoms with Gasteiger partial charge < -0.3 is 34.2 Å². The van der Waals surface area contributed by atoms with Gasteiger partial charge >= 0.3 is 118 Å². The fourth-order valence-corrected chi connectivity index (χ4v) is 8.55. The van der Waals surface area contributed by atoms with Crippen molar-refractivity contribution in [2.45, 2.75) is 40.4 Å². The first-order valence-corrected chi connectivity index (χ1v) is 21.7. The molecule has 302 valence electrons. The van der Waals surface area contributed by atoms with Crippen LogP contribution in [0.25, 0.3) is 32.7 Å². The van der Waals surface area contributed by atoms with Crippen molar-refractivity contribution in [3.8, 4) is 22.6 Å². The van der Waals surface area contributed by atoms with Gasteiger partial charge in [-0.25, -0.2) is 33.7 Å². The van der Waals surface area contributed by atoms with E-state index in [1.54, 1.807) is 38.1 Å². The van der Waals surface area contributed by atoms with Crippen LogP contribution < -0.4 is 124 Å². The molecule has 0 saturated carbocycles. The van der Waals surface area contributed by atoms with Crippen LogP contribution in [-0.2, 0) is 40.5 Å². The summed E-state index contributed by atoms with van der Waals surface area (Å²) in [6.07, 6.45) is 0. The number of hydrogen-bond acceptors (Lipinski definition) is 19. The van der Waals surface area contributed by atoms with Gasteiger partial charge in [-0.3, -0.25) is 0 Å². The van der Waals surface area contributed by atoms with E-state index in [0.29, 0.717) is 22.3 Å². The summed E-state index contributed by atoms with van der Waals surface area (Å²) in [5.74, 6) is -1.70. The SMILES string of the molecule is Cc1cc(-c2ccc(N=Nc3c(S(=O)(=O)[O-])cc4cc(S(=O)(=O)[O-])cc(N)c4c3O)c(C)c2)ccc1N=Nc1c(S(=O)(=O)[O-])cc2cc(S(=O)(=O)[O-])cc(C)c2c1O.[Na+].[Na+].[Na+].[Na+]. The maximum atomic E-state index is 12.2. The van der Waals surface area contributed by atoms with E-state index in [0.717, 1.165) is 36.4 Å². The molecule has 0 saturated heterocycles. The topological polar surface area (TPSA) is 345 Å². The molecule has 0 bridgehead atoms. The molecule has 6 rings (SSSR count). The molecular weight excluding hydrogens is 935 g/mol. The Balaban J connectivity index is 0.00000331. The first-order chi connectivity index (χ1) is 26.8. The predicted octanol–water partition coefficient (Wildman–Crippen LogP) is -5.96. The van der Waals surface area contributed by atoms with Gasteiger partial charge in [0.1, 0.15) is 51.8 Å². The Labute approximate surface area is 443 Å². The maximum absolute atomic E-state index is 12.2. The van der Waals surface area contributed by atoms with Gasteiger partial charge in [-0.15, -0.1) is 10.2 Å². The zero-order valence-electron chi connectivity index (χ0n) is 33.7. The second-order valence-electron chi connectivity index (χ2n) is 12.8. The van der Waals surface area contributed by atoms with E-state index in [1.165, 1.54) is 19.1 Å². The molecule has 6 aromatic carbocycles. The van der Waals surface area contributed by atoms with E-state index >= 15 is 0 Å². The molecule has 0 aliphatic rings. The summed E-state index contributed by atoms with van der Waals surface area (Å²) in [4.78, 5) is -3.60. The Morgan fingerprint density at radius 2 is 0.839 bits per heavy atom. The number of nitrogens with zero attached hydrogens (tertiary/aromatic N) is 4. The summed E-state index contributed by atoms with van der Waals surface area (Å²) in [7, 11) is -20.7. The van der Waals surface area contributed by atoms with Gasteiger partial charge in [0.15, 0.2) is 11.5 Å². The Hall–Kier alpha value is -1.92. The second kappa shape index (κ2) is 20.7. The number of phenolic OH excluding ortho intramolecular Hbond substituents is 2. The van der Waals surface area contributed by atoms with Gasteiger partial charge in [0, 0.05) is 16.5 Å². The molecule has 0 heterocycles. The summed E-state index contributed by atoms with van der Waals surface area (Å²) in [5, 5.41) is 36.9. The number of azo groups is 2. The van der Waals surface area contributed by atoms with E-state index in [-0.39, 0.29) is 157 Å². The number of benzene rings is 6. The van der Waals surface area contributed by atoms with Gasteiger partial charge in [0.05, 0.1) is 31.0 Å². The molecule has 0 aliphatic heterocycles. The normalized spacial score (nSPS) is 12.2. The minimum atomic E-state index is -5.35. The van der Waals surface area contributed by atoms with E-state index < -0.39 is 88.6 Å². The van der Waals surface area contributed by atoms with Crippen molar-refractivity contribution < 1.29 is 180 Å². The fraction of sp³-hybridized carbons (Fsp3) is 0.0857. The summed E-state index contributed by atoms with van der Waals surface area (Å²) in [6, 6.07) is 14.4. The first-order valence-electron chi connectivity index (χ1n) is 16.0. The van der Waals surface area contributed by atoms with Crippen LogP contribution in [0.1, 0.15) is 16.7 Å². The molecule has 0 fully saturated rings. The standard InChI is InChI=1S/C35H29N5O14S4.4Na/c1-16-8-19(4-6-26(16)37-39-32-28(57(49,50)51)13-21-11-23(55(43,44)45)10-18(3)30(21)34(32)41)20-5-7-27(17(2)9-20)38-40-33-29(58(52,53)54)14-22-12-24(56(46,47)48)15-25(36)31(22)35(33)42;;;;/h4-15,41-42H,36H2,1-3H3,(H,43,44,45)(H,46,47,48)(H,49,50,51)(H,52,53,54);;;;/q;4*+1/p-4. The number of nitrogen functional groups attached to an aromatic ring is 1. The third-order valence-electron chi connectivity index (χ3n) is 8.83. The molecule has 0 atom stereocenters. The number of aromatic hydroxyl groups is 2. The average Bonchev–Trinajstić information content (AvgIpc) is 3.09. The molecule has 0 aliphatic carbocycles. The number of phenols is 2. The molecule has 19 nitrogen and oxygen atoms in total. The van der Waals surface area contributed by atoms with Crippen LogP contribution in [0.15, 0.2) is 113 Å². The number of anilines is 1. The van der Waals surface area contributed by atoms with E-state index in [4.69, 9.17) is 5.73 Å². The van der Waals surface area contributed by atoms with Crippen molar-refractivity contribution in [1.29, 1.82) is 0 Å². The third kappa shape index (κ3) is 11.9. The van der Waals surface area contributed by atoms with Crippen LogP contribution >= 0.6 is 0 Å². The van der Waals surface area contributed by atoms with E-state index in [1.807, 2.05) is 0 Å². The molecule has 27 heteroatoms. The molecule has 0 radical (unpaired) electrons. The van der Waals surface area contributed by atoms with Gasteiger partial charge in [-0.1, -0.05) is 12.1 Å². The number of rotatable bonds is 9. The number of nitrogens with two attached hydrogens (primary N) is 1. The molecular formula is C35H25N5Na4O14S4. The zero-order valence-corrected chi connectivity index (χ0v) is 45.0. The summed E-state index contributed by atoms with van der Waals surface area (Å²) < 4.78 is 142. The molecule has 0 aromatic heterocycles. The molecule has 0 amide bonds. The summed E-state index contributed by atoms with van der Waals surface area (Å²) in [6.45, 7) is 4.62. The molecule has 6 aromatic rings. The van der Waals surface area contributed by atoms with Crippen molar-refractivity contribution >= 4 is 90.5 Å². The molecule has 0 spiro atoms. The largest absolute Gasteiger partial charge is 1.00 e. The Morgan fingerprint density at radius 1 is 0.468 bits per heavy atom. The first kappa shape index (κ1) is 56.2. The van der Waals surface area contributed by atoms with Crippen molar-refractivity contribution in [2.24, 2.45) is 20.5 Å².